The first kappa shape index (κ1) is 15.7. The van der Waals surface area contributed by atoms with Crippen molar-refractivity contribution in [3.8, 4) is 11.4 Å². The van der Waals surface area contributed by atoms with E-state index in [1.54, 1.807) is 0 Å². The Bertz CT molecular complexity index is 583. The molecule has 1 heterocycles. The number of aliphatic hydroxyl groups excluding tert-OH is 3. The Hall–Kier alpha value is -1.73. The molecule has 2 aromatic rings. The second-order valence-corrected chi connectivity index (χ2v) is 5.03. The molecule has 0 aliphatic heterocycles. The molecular weight excluding hydrogens is 294 g/mol. The van der Waals surface area contributed by atoms with Crippen molar-refractivity contribution < 1.29 is 15.3 Å². The lowest BCUT2D eigenvalue weighted by molar-refractivity contribution is 0.0831. The third kappa shape index (κ3) is 3.68. The summed E-state index contributed by atoms with van der Waals surface area (Å²) in [5.74, 6) is 0.722. The smallest absolute Gasteiger partial charge is 0.163 e. The van der Waals surface area contributed by atoms with Crippen LogP contribution in [-0.4, -0.2) is 50.6 Å². The summed E-state index contributed by atoms with van der Waals surface area (Å²) in [6.45, 7) is -1.37. The van der Waals surface area contributed by atoms with Gasteiger partial charge in [-0.3, -0.25) is 0 Å². The molecule has 1 aromatic heterocycles. The number of rotatable bonds is 6. The van der Waals surface area contributed by atoms with Gasteiger partial charge in [-0.1, -0.05) is 41.9 Å². The fraction of sp³-hybridized carbons (Fsp3) is 0.286. The summed E-state index contributed by atoms with van der Waals surface area (Å²) in [5.41, 5.74) is -0.489. The van der Waals surface area contributed by atoms with Crippen LogP contribution in [0.2, 0.25) is 5.15 Å². The van der Waals surface area contributed by atoms with Crippen molar-refractivity contribution in [3.63, 3.8) is 0 Å². The summed E-state index contributed by atoms with van der Waals surface area (Å²) in [6.07, 6.45) is 0. The molecule has 112 valence electrons. The molecule has 6 nitrogen and oxygen atoms in total. The maximum atomic E-state index is 9.33. The summed E-state index contributed by atoms with van der Waals surface area (Å²) in [6, 6.07) is 10.7. The van der Waals surface area contributed by atoms with Crippen LogP contribution < -0.4 is 5.32 Å². The Morgan fingerprint density at radius 3 is 2.19 bits per heavy atom. The average Bonchev–Trinajstić information content (AvgIpc) is 2.53. The Morgan fingerprint density at radius 2 is 1.62 bits per heavy atom. The lowest BCUT2D eigenvalue weighted by Crippen LogP contribution is -2.49. The molecular formula is C14H16ClN3O3. The molecule has 2 rings (SSSR count). The minimum Gasteiger partial charge on any atom is -0.394 e. The minimum absolute atomic E-state index is 0.217. The van der Waals surface area contributed by atoms with E-state index in [0.29, 0.717) is 11.6 Å². The van der Waals surface area contributed by atoms with E-state index in [0.717, 1.165) is 5.56 Å². The zero-order valence-electron chi connectivity index (χ0n) is 11.2. The van der Waals surface area contributed by atoms with Gasteiger partial charge in [0, 0.05) is 11.6 Å². The topological polar surface area (TPSA) is 98.5 Å². The second-order valence-electron chi connectivity index (χ2n) is 4.65. The molecule has 1 aromatic carbocycles. The lowest BCUT2D eigenvalue weighted by Gasteiger charge is -2.29. The Labute approximate surface area is 127 Å². The van der Waals surface area contributed by atoms with Crippen molar-refractivity contribution in [1.82, 2.24) is 9.97 Å². The van der Waals surface area contributed by atoms with Crippen molar-refractivity contribution in [2.75, 3.05) is 25.1 Å². The monoisotopic (exact) mass is 309 g/mol. The lowest BCUT2D eigenvalue weighted by atomic mass is 10.0. The third-order valence-corrected chi connectivity index (χ3v) is 3.22. The number of aliphatic hydroxyl groups is 3. The number of benzene rings is 1. The first-order valence-electron chi connectivity index (χ1n) is 6.33. The minimum atomic E-state index is -1.27. The molecule has 0 fully saturated rings. The Balaban J connectivity index is 2.36. The highest BCUT2D eigenvalue weighted by Gasteiger charge is 2.28. The largest absolute Gasteiger partial charge is 0.394 e. The molecule has 0 unspecified atom stereocenters. The first-order chi connectivity index (χ1) is 10.1. The summed E-state index contributed by atoms with van der Waals surface area (Å²) in [4.78, 5) is 8.43. The maximum absolute atomic E-state index is 9.33. The van der Waals surface area contributed by atoms with Gasteiger partial charge in [-0.2, -0.15) is 0 Å². The third-order valence-electron chi connectivity index (χ3n) is 3.03. The van der Waals surface area contributed by atoms with Crippen LogP contribution in [0, 0.1) is 0 Å². The predicted molar refractivity (Wildman–Crippen MR) is 80.1 cm³/mol. The summed E-state index contributed by atoms with van der Waals surface area (Å²) < 4.78 is 0. The molecule has 0 amide bonds. The van der Waals surface area contributed by atoms with Crippen LogP contribution in [0.5, 0.6) is 0 Å². The van der Waals surface area contributed by atoms with Gasteiger partial charge in [-0.05, 0) is 0 Å². The van der Waals surface area contributed by atoms with E-state index in [2.05, 4.69) is 15.3 Å². The van der Waals surface area contributed by atoms with Crippen LogP contribution in [-0.2, 0) is 0 Å². The zero-order chi connectivity index (χ0) is 15.3. The maximum Gasteiger partial charge on any atom is 0.163 e. The van der Waals surface area contributed by atoms with Gasteiger partial charge in [-0.25, -0.2) is 9.97 Å². The molecule has 0 aliphatic carbocycles. The van der Waals surface area contributed by atoms with Crippen LogP contribution in [0.15, 0.2) is 36.4 Å². The highest BCUT2D eigenvalue weighted by atomic mass is 35.5. The fourth-order valence-electron chi connectivity index (χ4n) is 1.74. The van der Waals surface area contributed by atoms with Crippen molar-refractivity contribution in [2.45, 2.75) is 5.54 Å². The molecule has 21 heavy (non-hydrogen) atoms. The second kappa shape index (κ2) is 6.82. The summed E-state index contributed by atoms with van der Waals surface area (Å²) >= 11 is 5.98. The molecule has 0 radical (unpaired) electrons. The number of hydrogen-bond acceptors (Lipinski definition) is 6. The SMILES string of the molecule is OCC(CO)(CO)Nc1cc(Cl)nc(-c2ccccc2)n1. The van der Waals surface area contributed by atoms with E-state index in [9.17, 15) is 15.3 Å². The fourth-order valence-corrected chi connectivity index (χ4v) is 1.92. The van der Waals surface area contributed by atoms with Gasteiger partial charge in [0.25, 0.3) is 0 Å². The molecule has 0 atom stereocenters. The van der Waals surface area contributed by atoms with Gasteiger partial charge >= 0.3 is 0 Å². The van der Waals surface area contributed by atoms with Gasteiger partial charge < -0.3 is 20.6 Å². The average molecular weight is 310 g/mol. The van der Waals surface area contributed by atoms with Gasteiger partial charge in [-0.15, -0.1) is 0 Å². The van der Waals surface area contributed by atoms with E-state index in [1.165, 1.54) is 6.07 Å². The highest BCUT2D eigenvalue weighted by Crippen LogP contribution is 2.22. The van der Waals surface area contributed by atoms with Crippen LogP contribution in [0.4, 0.5) is 5.82 Å². The number of nitrogens with zero attached hydrogens (tertiary/aromatic N) is 2. The van der Waals surface area contributed by atoms with Crippen molar-refractivity contribution in [2.24, 2.45) is 0 Å². The van der Waals surface area contributed by atoms with Crippen LogP contribution in [0.3, 0.4) is 0 Å². The number of hydrogen-bond donors (Lipinski definition) is 4. The standard InChI is InChI=1S/C14H16ClN3O3/c15-11-6-12(18-14(7-19,8-20)9-21)17-13(16-11)10-4-2-1-3-5-10/h1-6,19-21H,7-9H2,(H,16,17,18). The molecule has 0 aliphatic rings. The number of halogens is 1. The summed E-state index contributed by atoms with van der Waals surface area (Å²) in [5, 5.41) is 31.0. The van der Waals surface area contributed by atoms with Crippen molar-refractivity contribution in [3.05, 3.63) is 41.6 Å². The van der Waals surface area contributed by atoms with Crippen molar-refractivity contribution >= 4 is 17.4 Å². The van der Waals surface area contributed by atoms with Crippen molar-refractivity contribution in [1.29, 1.82) is 0 Å². The normalized spacial score (nSPS) is 11.4. The number of anilines is 1. The van der Waals surface area contributed by atoms with E-state index in [-0.39, 0.29) is 5.15 Å². The quantitative estimate of drug-likeness (QED) is 0.592. The molecule has 0 spiro atoms. The van der Waals surface area contributed by atoms with Crippen LogP contribution in [0.25, 0.3) is 11.4 Å². The van der Waals surface area contributed by atoms with E-state index < -0.39 is 25.4 Å². The highest BCUT2D eigenvalue weighted by molar-refractivity contribution is 6.29. The van der Waals surface area contributed by atoms with Gasteiger partial charge in [0.15, 0.2) is 5.82 Å². The van der Waals surface area contributed by atoms with Gasteiger partial charge in [0.1, 0.15) is 16.5 Å². The van der Waals surface area contributed by atoms with Crippen LogP contribution in [0.1, 0.15) is 0 Å². The molecule has 0 bridgehead atoms. The van der Waals surface area contributed by atoms with Gasteiger partial charge in [0.2, 0.25) is 0 Å². The van der Waals surface area contributed by atoms with E-state index in [4.69, 9.17) is 11.6 Å². The first-order valence-corrected chi connectivity index (χ1v) is 6.71. The molecule has 0 saturated heterocycles. The summed E-state index contributed by atoms with van der Waals surface area (Å²) in [7, 11) is 0. The van der Waals surface area contributed by atoms with Crippen LogP contribution >= 0.6 is 11.6 Å². The zero-order valence-corrected chi connectivity index (χ0v) is 12.0. The predicted octanol–water partition coefficient (Wildman–Crippen LogP) is 0.925. The van der Waals surface area contributed by atoms with Gasteiger partial charge in [0.05, 0.1) is 19.8 Å². The van der Waals surface area contributed by atoms with E-state index in [1.807, 2.05) is 30.3 Å². The number of nitrogens with one attached hydrogen (secondary N) is 1. The Morgan fingerprint density at radius 1 is 1.00 bits per heavy atom. The molecule has 4 N–H and O–H groups in total. The Kier molecular flexibility index (Phi) is 5.08. The molecule has 7 heteroatoms. The molecule has 0 saturated carbocycles. The van der Waals surface area contributed by atoms with E-state index >= 15 is 0 Å². The number of aromatic nitrogens is 2.